The zero-order chi connectivity index (χ0) is 12.8. The summed E-state index contributed by atoms with van der Waals surface area (Å²) in [5.74, 6) is 0.913. The number of rotatable bonds is 5. The van der Waals surface area contributed by atoms with Gasteiger partial charge in [-0.05, 0) is 30.7 Å². The van der Waals surface area contributed by atoms with Crippen LogP contribution in [0, 0.1) is 0 Å². The number of nitrogens with two attached hydrogens (primary N) is 1. The molecule has 1 fully saturated rings. The SMILES string of the molecule is COc1ccc(C2CNCCN2CCCN)cc1. The van der Waals surface area contributed by atoms with E-state index in [1.165, 1.54) is 5.56 Å². The fourth-order valence-corrected chi connectivity index (χ4v) is 2.46. The van der Waals surface area contributed by atoms with E-state index < -0.39 is 0 Å². The van der Waals surface area contributed by atoms with Crippen molar-refractivity contribution < 1.29 is 4.74 Å². The summed E-state index contributed by atoms with van der Waals surface area (Å²) in [7, 11) is 1.70. The average Bonchev–Trinajstić information content (AvgIpc) is 2.45. The van der Waals surface area contributed by atoms with Gasteiger partial charge in [0.05, 0.1) is 7.11 Å². The number of ether oxygens (including phenoxy) is 1. The molecule has 4 nitrogen and oxygen atoms in total. The van der Waals surface area contributed by atoms with Crippen LogP contribution in [0.5, 0.6) is 5.75 Å². The Labute approximate surface area is 109 Å². The van der Waals surface area contributed by atoms with E-state index in [1.807, 2.05) is 12.1 Å². The number of nitrogens with zero attached hydrogens (tertiary/aromatic N) is 1. The minimum atomic E-state index is 0.455. The molecule has 0 spiro atoms. The van der Waals surface area contributed by atoms with Gasteiger partial charge in [0.25, 0.3) is 0 Å². The molecule has 1 heterocycles. The normalized spacial score (nSPS) is 20.9. The van der Waals surface area contributed by atoms with E-state index in [1.54, 1.807) is 7.11 Å². The van der Waals surface area contributed by atoms with Gasteiger partial charge in [-0.2, -0.15) is 0 Å². The Balaban J connectivity index is 2.06. The lowest BCUT2D eigenvalue weighted by molar-refractivity contribution is 0.161. The second-order valence-corrected chi connectivity index (χ2v) is 4.67. The molecule has 1 unspecified atom stereocenters. The number of methoxy groups -OCH3 is 1. The molecule has 0 saturated carbocycles. The summed E-state index contributed by atoms with van der Waals surface area (Å²) in [4.78, 5) is 2.52. The van der Waals surface area contributed by atoms with Gasteiger partial charge in [-0.3, -0.25) is 4.90 Å². The van der Waals surface area contributed by atoms with Gasteiger partial charge in [-0.25, -0.2) is 0 Å². The highest BCUT2D eigenvalue weighted by Crippen LogP contribution is 2.24. The fourth-order valence-electron chi connectivity index (χ4n) is 2.46. The van der Waals surface area contributed by atoms with Gasteiger partial charge in [0.15, 0.2) is 0 Å². The maximum atomic E-state index is 5.61. The highest BCUT2D eigenvalue weighted by Gasteiger charge is 2.22. The molecule has 100 valence electrons. The van der Waals surface area contributed by atoms with Crippen molar-refractivity contribution in [1.29, 1.82) is 0 Å². The van der Waals surface area contributed by atoms with Crippen molar-refractivity contribution in [3.8, 4) is 5.75 Å². The van der Waals surface area contributed by atoms with Crippen LogP contribution in [-0.4, -0.2) is 44.7 Å². The molecule has 1 aliphatic heterocycles. The van der Waals surface area contributed by atoms with Crippen LogP contribution >= 0.6 is 0 Å². The highest BCUT2D eigenvalue weighted by molar-refractivity contribution is 5.29. The Morgan fingerprint density at radius 3 is 2.83 bits per heavy atom. The summed E-state index contributed by atoms with van der Waals surface area (Å²) in [6.45, 7) is 5.01. The largest absolute Gasteiger partial charge is 0.497 e. The third kappa shape index (κ3) is 3.22. The van der Waals surface area contributed by atoms with Crippen LogP contribution in [-0.2, 0) is 0 Å². The van der Waals surface area contributed by atoms with Crippen molar-refractivity contribution in [2.24, 2.45) is 5.73 Å². The molecule has 1 aromatic carbocycles. The number of hydrogen-bond donors (Lipinski definition) is 2. The summed E-state index contributed by atoms with van der Waals surface area (Å²) in [6.07, 6.45) is 1.06. The molecule has 1 atom stereocenters. The second kappa shape index (κ2) is 6.73. The van der Waals surface area contributed by atoms with Gasteiger partial charge in [-0.1, -0.05) is 12.1 Å². The van der Waals surface area contributed by atoms with Crippen molar-refractivity contribution in [2.45, 2.75) is 12.5 Å². The van der Waals surface area contributed by atoms with Gasteiger partial charge in [0.2, 0.25) is 0 Å². The first kappa shape index (κ1) is 13.3. The van der Waals surface area contributed by atoms with E-state index in [4.69, 9.17) is 10.5 Å². The van der Waals surface area contributed by atoms with E-state index in [0.717, 1.165) is 44.9 Å². The van der Waals surface area contributed by atoms with Crippen LogP contribution in [0.2, 0.25) is 0 Å². The molecule has 4 heteroatoms. The molecule has 3 N–H and O–H groups in total. The van der Waals surface area contributed by atoms with Crippen molar-refractivity contribution in [3.63, 3.8) is 0 Å². The molecule has 1 aromatic rings. The Morgan fingerprint density at radius 2 is 2.17 bits per heavy atom. The molecule has 2 rings (SSSR count). The predicted molar refractivity (Wildman–Crippen MR) is 73.8 cm³/mol. The van der Waals surface area contributed by atoms with Crippen LogP contribution in [0.3, 0.4) is 0 Å². The summed E-state index contributed by atoms with van der Waals surface area (Å²) < 4.78 is 5.20. The van der Waals surface area contributed by atoms with Crippen LogP contribution in [0.15, 0.2) is 24.3 Å². The smallest absolute Gasteiger partial charge is 0.118 e. The molecule has 0 bridgehead atoms. The molecular formula is C14H23N3O. The first-order valence-corrected chi connectivity index (χ1v) is 6.64. The van der Waals surface area contributed by atoms with E-state index >= 15 is 0 Å². The monoisotopic (exact) mass is 249 g/mol. The van der Waals surface area contributed by atoms with Crippen molar-refractivity contribution >= 4 is 0 Å². The lowest BCUT2D eigenvalue weighted by atomic mass is 10.0. The van der Waals surface area contributed by atoms with Crippen molar-refractivity contribution in [1.82, 2.24) is 10.2 Å². The molecule has 0 radical (unpaired) electrons. The van der Waals surface area contributed by atoms with E-state index in [9.17, 15) is 0 Å². The lowest BCUT2D eigenvalue weighted by Gasteiger charge is -2.36. The van der Waals surface area contributed by atoms with E-state index in [2.05, 4.69) is 22.3 Å². The average molecular weight is 249 g/mol. The molecule has 0 aromatic heterocycles. The number of nitrogens with one attached hydrogen (secondary N) is 1. The van der Waals surface area contributed by atoms with Gasteiger partial charge in [0, 0.05) is 32.2 Å². The van der Waals surface area contributed by atoms with E-state index in [-0.39, 0.29) is 0 Å². The van der Waals surface area contributed by atoms with Crippen LogP contribution in [0.1, 0.15) is 18.0 Å². The van der Waals surface area contributed by atoms with Crippen LogP contribution in [0.4, 0.5) is 0 Å². The third-order valence-electron chi connectivity index (χ3n) is 3.50. The van der Waals surface area contributed by atoms with Gasteiger partial charge >= 0.3 is 0 Å². The number of hydrogen-bond acceptors (Lipinski definition) is 4. The second-order valence-electron chi connectivity index (χ2n) is 4.67. The van der Waals surface area contributed by atoms with Crippen molar-refractivity contribution in [3.05, 3.63) is 29.8 Å². The summed E-state index contributed by atoms with van der Waals surface area (Å²) in [5, 5.41) is 3.46. The zero-order valence-corrected chi connectivity index (χ0v) is 11.1. The predicted octanol–water partition coefficient (Wildman–Crippen LogP) is 0.990. The number of benzene rings is 1. The Kier molecular flexibility index (Phi) is 4.99. The fraction of sp³-hybridized carbons (Fsp3) is 0.571. The summed E-state index contributed by atoms with van der Waals surface area (Å²) in [6, 6.07) is 8.84. The molecule has 0 amide bonds. The Morgan fingerprint density at radius 1 is 1.39 bits per heavy atom. The quantitative estimate of drug-likeness (QED) is 0.817. The third-order valence-corrected chi connectivity index (χ3v) is 3.50. The van der Waals surface area contributed by atoms with Crippen LogP contribution < -0.4 is 15.8 Å². The van der Waals surface area contributed by atoms with Crippen molar-refractivity contribution in [2.75, 3.05) is 39.8 Å². The minimum absolute atomic E-state index is 0.455. The van der Waals surface area contributed by atoms with E-state index in [0.29, 0.717) is 6.04 Å². The number of piperazine rings is 1. The topological polar surface area (TPSA) is 50.5 Å². The maximum absolute atomic E-state index is 5.61. The van der Waals surface area contributed by atoms with Gasteiger partial charge in [-0.15, -0.1) is 0 Å². The first-order valence-electron chi connectivity index (χ1n) is 6.64. The zero-order valence-electron chi connectivity index (χ0n) is 11.1. The lowest BCUT2D eigenvalue weighted by Crippen LogP contribution is -2.46. The first-order chi connectivity index (χ1) is 8.85. The molecular weight excluding hydrogens is 226 g/mol. The standard InChI is InChI=1S/C14H23N3O/c1-18-13-5-3-12(4-6-13)14-11-16-8-10-17(14)9-2-7-15/h3-6,14,16H,2,7-11,15H2,1H3. The maximum Gasteiger partial charge on any atom is 0.118 e. The summed E-state index contributed by atoms with van der Waals surface area (Å²) >= 11 is 0. The molecule has 18 heavy (non-hydrogen) atoms. The molecule has 0 aliphatic carbocycles. The van der Waals surface area contributed by atoms with Crippen LogP contribution in [0.25, 0.3) is 0 Å². The summed E-state index contributed by atoms with van der Waals surface area (Å²) in [5.41, 5.74) is 6.96. The Hall–Kier alpha value is -1.10. The highest BCUT2D eigenvalue weighted by atomic mass is 16.5. The Bertz CT molecular complexity index is 353. The molecule has 1 saturated heterocycles. The van der Waals surface area contributed by atoms with Gasteiger partial charge in [0.1, 0.15) is 5.75 Å². The minimum Gasteiger partial charge on any atom is -0.497 e. The molecule has 1 aliphatic rings. The van der Waals surface area contributed by atoms with Gasteiger partial charge < -0.3 is 15.8 Å².